The lowest BCUT2D eigenvalue weighted by Crippen LogP contribution is -2.14. The zero-order valence-electron chi connectivity index (χ0n) is 7.72. The number of hydrogen-bond donors (Lipinski definition) is 1. The minimum absolute atomic E-state index is 0.283. The van der Waals surface area contributed by atoms with Crippen molar-refractivity contribution in [3.05, 3.63) is 48.2 Å². The maximum absolute atomic E-state index is 12.7. The molecule has 0 unspecified atom stereocenters. The van der Waals surface area contributed by atoms with Gasteiger partial charge in [0.15, 0.2) is 0 Å². The Bertz CT molecular complexity index is 490. The molecular formula is C10H8FN3S. The Balaban J connectivity index is 2.49. The van der Waals surface area contributed by atoms with Gasteiger partial charge in [-0.15, -0.1) is 0 Å². The number of hydrogen-bond acceptors (Lipinski definition) is 2. The third-order valence-corrected chi connectivity index (χ3v) is 2.17. The van der Waals surface area contributed by atoms with E-state index in [2.05, 4.69) is 4.98 Å². The second kappa shape index (κ2) is 3.78. The summed E-state index contributed by atoms with van der Waals surface area (Å²) in [5, 5.41) is 0. The van der Waals surface area contributed by atoms with Gasteiger partial charge in [-0.2, -0.15) is 0 Å². The Hall–Kier alpha value is -1.75. The quantitative estimate of drug-likeness (QED) is 0.784. The number of halogens is 1. The monoisotopic (exact) mass is 221 g/mol. The molecule has 0 amide bonds. The average molecular weight is 221 g/mol. The average Bonchev–Trinajstić information content (AvgIpc) is 2.67. The largest absolute Gasteiger partial charge is 0.388 e. The molecule has 0 saturated heterocycles. The molecule has 2 heterocycles. The molecule has 0 aliphatic rings. The van der Waals surface area contributed by atoms with Gasteiger partial charge in [-0.05, 0) is 24.3 Å². The van der Waals surface area contributed by atoms with Crippen molar-refractivity contribution in [2.75, 3.05) is 0 Å². The van der Waals surface area contributed by atoms with Crippen molar-refractivity contribution < 1.29 is 4.39 Å². The fourth-order valence-electron chi connectivity index (χ4n) is 1.29. The Morgan fingerprint density at radius 3 is 2.80 bits per heavy atom. The molecule has 0 fully saturated rings. The number of pyridine rings is 1. The normalized spacial score (nSPS) is 10.2. The van der Waals surface area contributed by atoms with Crippen molar-refractivity contribution in [2.45, 2.75) is 0 Å². The molecule has 2 aromatic heterocycles. The van der Waals surface area contributed by atoms with Gasteiger partial charge in [0.1, 0.15) is 16.6 Å². The fourth-order valence-corrected chi connectivity index (χ4v) is 1.46. The van der Waals surface area contributed by atoms with Gasteiger partial charge >= 0.3 is 0 Å². The van der Waals surface area contributed by atoms with Gasteiger partial charge in [-0.25, -0.2) is 9.37 Å². The van der Waals surface area contributed by atoms with E-state index in [1.807, 2.05) is 0 Å². The Morgan fingerprint density at radius 2 is 2.20 bits per heavy atom. The number of nitrogens with zero attached hydrogens (tertiary/aromatic N) is 2. The first-order valence-electron chi connectivity index (χ1n) is 4.27. The zero-order chi connectivity index (χ0) is 10.8. The van der Waals surface area contributed by atoms with Crippen LogP contribution in [0.1, 0.15) is 5.69 Å². The molecule has 0 bridgehead atoms. The predicted molar refractivity (Wildman–Crippen MR) is 59.4 cm³/mol. The van der Waals surface area contributed by atoms with Gasteiger partial charge in [-0.3, -0.25) is 4.57 Å². The first-order chi connectivity index (χ1) is 7.18. The van der Waals surface area contributed by atoms with Crippen molar-refractivity contribution in [3.8, 4) is 5.82 Å². The highest BCUT2D eigenvalue weighted by Gasteiger charge is 2.06. The van der Waals surface area contributed by atoms with Gasteiger partial charge in [0.05, 0.1) is 11.9 Å². The first kappa shape index (κ1) is 9.79. The molecule has 0 aliphatic heterocycles. The van der Waals surface area contributed by atoms with E-state index in [1.165, 1.54) is 6.07 Å². The van der Waals surface area contributed by atoms with Crippen molar-refractivity contribution in [1.29, 1.82) is 0 Å². The van der Waals surface area contributed by atoms with Crippen LogP contribution in [0.25, 0.3) is 5.82 Å². The van der Waals surface area contributed by atoms with Gasteiger partial charge < -0.3 is 5.73 Å². The smallest absolute Gasteiger partial charge is 0.141 e. The van der Waals surface area contributed by atoms with Crippen molar-refractivity contribution >= 4 is 17.2 Å². The minimum Gasteiger partial charge on any atom is -0.388 e. The van der Waals surface area contributed by atoms with E-state index in [1.54, 1.807) is 29.0 Å². The lowest BCUT2D eigenvalue weighted by molar-refractivity contribution is 0.620. The summed E-state index contributed by atoms with van der Waals surface area (Å²) in [4.78, 5) is 4.22. The maximum atomic E-state index is 12.7. The molecule has 2 N–H and O–H groups in total. The van der Waals surface area contributed by atoms with Crippen LogP contribution in [0.3, 0.4) is 0 Å². The van der Waals surface area contributed by atoms with E-state index >= 15 is 0 Å². The van der Waals surface area contributed by atoms with Crippen molar-refractivity contribution in [2.24, 2.45) is 5.73 Å². The van der Waals surface area contributed by atoms with Crippen LogP contribution >= 0.6 is 12.2 Å². The minimum atomic E-state index is -0.372. The molecular weight excluding hydrogens is 213 g/mol. The topological polar surface area (TPSA) is 43.8 Å². The van der Waals surface area contributed by atoms with E-state index in [9.17, 15) is 4.39 Å². The first-order valence-corrected chi connectivity index (χ1v) is 4.68. The molecule has 0 atom stereocenters. The lowest BCUT2D eigenvalue weighted by atomic mass is 10.4. The van der Waals surface area contributed by atoms with Crippen LogP contribution in [0.2, 0.25) is 0 Å². The second-order valence-corrected chi connectivity index (χ2v) is 3.40. The number of nitrogens with two attached hydrogens (primary N) is 1. The molecule has 0 radical (unpaired) electrons. The molecule has 2 rings (SSSR count). The molecule has 15 heavy (non-hydrogen) atoms. The van der Waals surface area contributed by atoms with Crippen LogP contribution < -0.4 is 5.73 Å². The molecule has 0 aromatic carbocycles. The van der Waals surface area contributed by atoms with E-state index in [-0.39, 0.29) is 10.8 Å². The molecule has 0 saturated carbocycles. The summed E-state index contributed by atoms with van der Waals surface area (Å²) in [7, 11) is 0. The SMILES string of the molecule is NC(=S)c1cccn1-c1ccc(F)cn1. The maximum Gasteiger partial charge on any atom is 0.141 e. The van der Waals surface area contributed by atoms with Crippen LogP contribution in [0.15, 0.2) is 36.7 Å². The third kappa shape index (κ3) is 1.87. The number of thiocarbonyl (C=S) groups is 1. The number of rotatable bonds is 2. The third-order valence-electron chi connectivity index (χ3n) is 1.96. The van der Waals surface area contributed by atoms with E-state index in [0.29, 0.717) is 11.5 Å². The van der Waals surface area contributed by atoms with Crippen LogP contribution in [-0.4, -0.2) is 14.5 Å². The Kier molecular flexibility index (Phi) is 2.47. The summed E-state index contributed by atoms with van der Waals surface area (Å²) in [5.74, 6) is 0.215. The summed E-state index contributed by atoms with van der Waals surface area (Å²) in [6, 6.07) is 6.50. The van der Waals surface area contributed by atoms with Crippen LogP contribution in [0.5, 0.6) is 0 Å². The van der Waals surface area contributed by atoms with Crippen LogP contribution in [0.4, 0.5) is 4.39 Å². The Labute approximate surface area is 91.4 Å². The van der Waals surface area contributed by atoms with Crippen LogP contribution in [0, 0.1) is 5.82 Å². The molecule has 5 heteroatoms. The highest BCUT2D eigenvalue weighted by molar-refractivity contribution is 7.80. The number of aromatic nitrogens is 2. The molecule has 2 aromatic rings. The summed E-state index contributed by atoms with van der Waals surface area (Å²) < 4.78 is 14.4. The van der Waals surface area contributed by atoms with Gasteiger partial charge in [0.25, 0.3) is 0 Å². The summed E-state index contributed by atoms with van der Waals surface area (Å²) in [5.41, 5.74) is 6.22. The molecule has 3 nitrogen and oxygen atoms in total. The molecule has 0 aliphatic carbocycles. The zero-order valence-corrected chi connectivity index (χ0v) is 8.54. The van der Waals surface area contributed by atoms with Crippen molar-refractivity contribution in [3.63, 3.8) is 0 Å². The second-order valence-electron chi connectivity index (χ2n) is 2.96. The summed E-state index contributed by atoms with van der Waals surface area (Å²) in [6.07, 6.45) is 2.92. The van der Waals surface area contributed by atoms with E-state index in [4.69, 9.17) is 18.0 Å². The summed E-state index contributed by atoms with van der Waals surface area (Å²) in [6.45, 7) is 0. The standard InChI is InChI=1S/C10H8FN3S/c11-7-3-4-9(13-6-7)14-5-1-2-8(14)10(12)15/h1-6H,(H2,12,15). The van der Waals surface area contributed by atoms with E-state index < -0.39 is 0 Å². The van der Waals surface area contributed by atoms with E-state index in [0.717, 1.165) is 6.20 Å². The van der Waals surface area contributed by atoms with Gasteiger partial charge in [0, 0.05) is 6.20 Å². The molecule has 76 valence electrons. The molecule has 0 spiro atoms. The predicted octanol–water partition coefficient (Wildman–Crippen LogP) is 1.65. The lowest BCUT2D eigenvalue weighted by Gasteiger charge is -2.06. The highest BCUT2D eigenvalue weighted by atomic mass is 32.1. The van der Waals surface area contributed by atoms with Crippen LogP contribution in [-0.2, 0) is 0 Å². The van der Waals surface area contributed by atoms with Crippen molar-refractivity contribution in [1.82, 2.24) is 9.55 Å². The highest BCUT2D eigenvalue weighted by Crippen LogP contribution is 2.10. The van der Waals surface area contributed by atoms with Gasteiger partial charge in [-0.1, -0.05) is 12.2 Å². The summed E-state index contributed by atoms with van der Waals surface area (Å²) >= 11 is 4.88. The fraction of sp³-hybridized carbons (Fsp3) is 0. The van der Waals surface area contributed by atoms with Gasteiger partial charge in [0.2, 0.25) is 0 Å². The Morgan fingerprint density at radius 1 is 1.40 bits per heavy atom.